The summed E-state index contributed by atoms with van der Waals surface area (Å²) in [7, 11) is 1.65. The molecular weight excluding hydrogens is 263 g/mol. The number of likely N-dealkylation sites (N-methyl/N-ethyl adjacent to an activating group) is 1. The molecule has 0 saturated heterocycles. The molecule has 0 bridgehead atoms. The smallest absolute Gasteiger partial charge is 0.292 e. The molecular formula is C14H15FN2O3. The lowest BCUT2D eigenvalue weighted by molar-refractivity contribution is 0.0732. The maximum absolute atomic E-state index is 12.7. The Morgan fingerprint density at radius 2 is 2.10 bits per heavy atom. The third-order valence-corrected chi connectivity index (χ3v) is 2.69. The second-order valence-corrected chi connectivity index (χ2v) is 4.36. The van der Waals surface area contributed by atoms with E-state index in [0.717, 1.165) is 0 Å². The molecule has 0 aliphatic rings. The quantitative estimate of drug-likeness (QED) is 0.842. The Bertz CT molecular complexity index is 580. The minimum absolute atomic E-state index is 0.201. The van der Waals surface area contributed by atoms with Crippen LogP contribution in [-0.4, -0.2) is 36.2 Å². The zero-order valence-electron chi connectivity index (χ0n) is 11.3. The number of hydrogen-bond donors (Lipinski definition) is 0. The summed E-state index contributed by atoms with van der Waals surface area (Å²) in [6, 6.07) is 7.30. The summed E-state index contributed by atoms with van der Waals surface area (Å²) in [5.74, 6) is 0.188. The molecule has 0 radical (unpaired) electrons. The van der Waals surface area contributed by atoms with Crippen molar-refractivity contribution in [3.63, 3.8) is 0 Å². The predicted molar refractivity (Wildman–Crippen MR) is 70.1 cm³/mol. The van der Waals surface area contributed by atoms with Crippen molar-refractivity contribution in [2.75, 3.05) is 20.2 Å². The molecule has 106 valence electrons. The molecule has 0 atom stereocenters. The van der Waals surface area contributed by atoms with Crippen molar-refractivity contribution in [2.45, 2.75) is 6.92 Å². The zero-order valence-corrected chi connectivity index (χ0v) is 11.3. The van der Waals surface area contributed by atoms with E-state index in [9.17, 15) is 9.18 Å². The summed E-state index contributed by atoms with van der Waals surface area (Å²) >= 11 is 0. The van der Waals surface area contributed by atoms with Gasteiger partial charge in [-0.05, 0) is 31.2 Å². The monoisotopic (exact) mass is 278 g/mol. The summed E-state index contributed by atoms with van der Waals surface area (Å²) in [5, 5.41) is 3.67. The van der Waals surface area contributed by atoms with Crippen LogP contribution in [0.25, 0.3) is 0 Å². The lowest BCUT2D eigenvalue weighted by atomic mass is 10.3. The van der Waals surface area contributed by atoms with E-state index in [4.69, 9.17) is 9.26 Å². The summed E-state index contributed by atoms with van der Waals surface area (Å²) < 4.78 is 23.0. The SMILES string of the molecule is Cc1cc(C(=O)N(C)CCOc2ccc(F)cc2)on1. The van der Waals surface area contributed by atoms with Gasteiger partial charge in [-0.2, -0.15) is 0 Å². The van der Waals surface area contributed by atoms with Gasteiger partial charge in [-0.1, -0.05) is 5.16 Å². The molecule has 1 amide bonds. The Labute approximate surface area is 115 Å². The second kappa shape index (κ2) is 6.18. The van der Waals surface area contributed by atoms with E-state index in [-0.39, 0.29) is 17.5 Å². The highest BCUT2D eigenvalue weighted by atomic mass is 19.1. The van der Waals surface area contributed by atoms with Gasteiger partial charge in [0.2, 0.25) is 5.76 Å². The Kier molecular flexibility index (Phi) is 4.34. The summed E-state index contributed by atoms with van der Waals surface area (Å²) in [4.78, 5) is 13.4. The number of rotatable bonds is 5. The molecule has 1 aromatic carbocycles. The molecule has 0 unspecified atom stereocenters. The molecule has 2 rings (SSSR count). The van der Waals surface area contributed by atoms with Gasteiger partial charge in [0.05, 0.1) is 12.2 Å². The lowest BCUT2D eigenvalue weighted by Gasteiger charge is -2.15. The summed E-state index contributed by atoms with van der Waals surface area (Å²) in [6.07, 6.45) is 0. The largest absolute Gasteiger partial charge is 0.492 e. The molecule has 0 saturated carbocycles. The van der Waals surface area contributed by atoms with Crippen LogP contribution in [0.5, 0.6) is 5.75 Å². The Balaban J connectivity index is 1.81. The summed E-state index contributed by atoms with van der Waals surface area (Å²) in [6.45, 7) is 2.44. The van der Waals surface area contributed by atoms with Crippen molar-refractivity contribution in [1.82, 2.24) is 10.1 Å². The van der Waals surface area contributed by atoms with Crippen LogP contribution in [0.2, 0.25) is 0 Å². The molecule has 0 spiro atoms. The van der Waals surface area contributed by atoms with Gasteiger partial charge in [0, 0.05) is 13.1 Å². The van der Waals surface area contributed by atoms with Crippen LogP contribution in [0.4, 0.5) is 4.39 Å². The molecule has 2 aromatic rings. The van der Waals surface area contributed by atoms with Crippen LogP contribution in [0.15, 0.2) is 34.9 Å². The van der Waals surface area contributed by atoms with Crippen LogP contribution >= 0.6 is 0 Å². The van der Waals surface area contributed by atoms with Gasteiger partial charge < -0.3 is 14.2 Å². The first-order valence-electron chi connectivity index (χ1n) is 6.13. The molecule has 0 fully saturated rings. The maximum Gasteiger partial charge on any atom is 0.292 e. The van der Waals surface area contributed by atoms with E-state index in [1.54, 1.807) is 20.0 Å². The van der Waals surface area contributed by atoms with Gasteiger partial charge in [0.15, 0.2) is 0 Å². The Morgan fingerprint density at radius 1 is 1.40 bits per heavy atom. The number of aromatic nitrogens is 1. The van der Waals surface area contributed by atoms with Crippen molar-refractivity contribution in [3.8, 4) is 5.75 Å². The van der Waals surface area contributed by atoms with E-state index < -0.39 is 0 Å². The minimum atomic E-state index is -0.315. The number of ether oxygens (including phenoxy) is 1. The molecule has 0 aliphatic heterocycles. The van der Waals surface area contributed by atoms with Gasteiger partial charge >= 0.3 is 0 Å². The fourth-order valence-electron chi connectivity index (χ4n) is 1.59. The third-order valence-electron chi connectivity index (χ3n) is 2.69. The first-order valence-corrected chi connectivity index (χ1v) is 6.13. The average molecular weight is 278 g/mol. The van der Waals surface area contributed by atoms with Crippen LogP contribution in [0, 0.1) is 12.7 Å². The van der Waals surface area contributed by atoms with Gasteiger partial charge in [-0.25, -0.2) is 4.39 Å². The number of carbonyl (C=O) groups excluding carboxylic acids is 1. The first-order chi connectivity index (χ1) is 9.56. The predicted octanol–water partition coefficient (Wildman–Crippen LogP) is 2.27. The molecule has 5 nitrogen and oxygen atoms in total. The van der Waals surface area contributed by atoms with Crippen molar-refractivity contribution in [3.05, 3.63) is 47.6 Å². The van der Waals surface area contributed by atoms with Gasteiger partial charge in [0.1, 0.15) is 18.2 Å². The maximum atomic E-state index is 12.7. The van der Waals surface area contributed by atoms with Crippen LogP contribution in [0.1, 0.15) is 16.2 Å². The molecule has 1 aromatic heterocycles. The first kappa shape index (κ1) is 14.0. The topological polar surface area (TPSA) is 55.6 Å². The van der Waals surface area contributed by atoms with Crippen molar-refractivity contribution in [1.29, 1.82) is 0 Å². The number of hydrogen-bond acceptors (Lipinski definition) is 4. The Morgan fingerprint density at radius 3 is 2.70 bits per heavy atom. The standard InChI is InChI=1S/C14H15FN2O3/c1-10-9-13(20-16-10)14(18)17(2)7-8-19-12-5-3-11(15)4-6-12/h3-6,9H,7-8H2,1-2H3. The number of benzene rings is 1. The number of aryl methyl sites for hydroxylation is 1. The van der Waals surface area contributed by atoms with Crippen molar-refractivity contribution < 1.29 is 18.4 Å². The van der Waals surface area contributed by atoms with Gasteiger partial charge in [-0.15, -0.1) is 0 Å². The highest BCUT2D eigenvalue weighted by Crippen LogP contribution is 2.11. The average Bonchev–Trinajstić information content (AvgIpc) is 2.86. The molecule has 20 heavy (non-hydrogen) atoms. The lowest BCUT2D eigenvalue weighted by Crippen LogP contribution is -2.30. The van der Waals surface area contributed by atoms with Crippen LogP contribution in [-0.2, 0) is 0 Å². The van der Waals surface area contributed by atoms with Gasteiger partial charge in [-0.3, -0.25) is 4.79 Å². The number of carbonyl (C=O) groups is 1. The fourth-order valence-corrected chi connectivity index (χ4v) is 1.59. The van der Waals surface area contributed by atoms with E-state index in [1.807, 2.05) is 0 Å². The molecule has 1 heterocycles. The van der Waals surface area contributed by atoms with Crippen molar-refractivity contribution in [2.24, 2.45) is 0 Å². The zero-order chi connectivity index (χ0) is 14.5. The van der Waals surface area contributed by atoms with E-state index in [1.165, 1.54) is 29.2 Å². The van der Waals surface area contributed by atoms with Crippen molar-refractivity contribution >= 4 is 5.91 Å². The number of nitrogens with zero attached hydrogens (tertiary/aromatic N) is 2. The highest BCUT2D eigenvalue weighted by Gasteiger charge is 2.16. The molecule has 6 heteroatoms. The molecule has 0 N–H and O–H groups in total. The van der Waals surface area contributed by atoms with E-state index in [2.05, 4.69) is 5.16 Å². The number of halogens is 1. The normalized spacial score (nSPS) is 10.3. The van der Waals surface area contributed by atoms with Crippen LogP contribution < -0.4 is 4.74 Å². The third kappa shape index (κ3) is 3.57. The number of amides is 1. The summed E-state index contributed by atoms with van der Waals surface area (Å²) in [5.41, 5.74) is 0.657. The Hall–Kier alpha value is -2.37. The second-order valence-electron chi connectivity index (χ2n) is 4.36. The van der Waals surface area contributed by atoms with Crippen LogP contribution in [0.3, 0.4) is 0 Å². The van der Waals surface area contributed by atoms with E-state index in [0.29, 0.717) is 24.6 Å². The molecule has 0 aliphatic carbocycles. The fraction of sp³-hybridized carbons (Fsp3) is 0.286. The van der Waals surface area contributed by atoms with E-state index >= 15 is 0 Å². The van der Waals surface area contributed by atoms with Gasteiger partial charge in [0.25, 0.3) is 5.91 Å². The highest BCUT2D eigenvalue weighted by molar-refractivity contribution is 5.91. The minimum Gasteiger partial charge on any atom is -0.492 e.